The number of hydrogen-bond acceptors (Lipinski definition) is 1. The van der Waals surface area contributed by atoms with Crippen LogP contribution in [0.15, 0.2) is 0 Å². The summed E-state index contributed by atoms with van der Waals surface area (Å²) in [5.74, 6) is 0. The monoisotopic (exact) mass is 254 g/mol. The van der Waals surface area contributed by atoms with Gasteiger partial charge in [0.15, 0.2) is 0 Å². The summed E-state index contributed by atoms with van der Waals surface area (Å²) in [4.78, 5) is 0. The molecule has 18 heavy (non-hydrogen) atoms. The van der Waals surface area contributed by atoms with E-state index < -0.39 is 0 Å². The molecule has 1 nitrogen and oxygen atoms in total. The molecule has 1 aliphatic rings. The second-order valence-electron chi connectivity index (χ2n) is 5.96. The van der Waals surface area contributed by atoms with E-state index in [0.717, 1.165) is 6.61 Å². The van der Waals surface area contributed by atoms with E-state index in [-0.39, 0.29) is 0 Å². The number of unbranched alkanes of at least 4 members (excludes halogenated alkanes) is 9. The Bertz CT molecular complexity index is 161. The number of ether oxygens (including phenoxy) is 1. The van der Waals surface area contributed by atoms with E-state index >= 15 is 0 Å². The first kappa shape index (κ1) is 16.0. The molecule has 1 atom stereocenters. The average Bonchev–Trinajstić information content (AvgIpc) is 2.42. The molecule has 0 saturated carbocycles. The zero-order valence-corrected chi connectivity index (χ0v) is 12.6. The maximum atomic E-state index is 5.76. The molecule has 1 saturated heterocycles. The fraction of sp³-hybridized carbons (Fsp3) is 1.00. The highest BCUT2D eigenvalue weighted by atomic mass is 16.5. The molecule has 0 spiro atoms. The van der Waals surface area contributed by atoms with Gasteiger partial charge in [0.1, 0.15) is 0 Å². The minimum absolute atomic E-state index is 0.604. The second-order valence-corrected chi connectivity index (χ2v) is 5.96. The minimum Gasteiger partial charge on any atom is -0.378 e. The van der Waals surface area contributed by atoms with Crippen LogP contribution < -0.4 is 0 Å². The molecule has 0 aliphatic carbocycles. The van der Waals surface area contributed by atoms with E-state index in [1.54, 1.807) is 0 Å². The molecule has 1 heterocycles. The van der Waals surface area contributed by atoms with Crippen molar-refractivity contribution in [2.24, 2.45) is 0 Å². The van der Waals surface area contributed by atoms with E-state index in [2.05, 4.69) is 6.92 Å². The molecule has 0 N–H and O–H groups in total. The first-order valence-corrected chi connectivity index (χ1v) is 8.55. The molecule has 1 heteroatoms. The van der Waals surface area contributed by atoms with Crippen LogP contribution in [-0.4, -0.2) is 12.7 Å². The predicted octanol–water partition coefficient (Wildman–Crippen LogP) is 5.87. The van der Waals surface area contributed by atoms with Gasteiger partial charge in [0, 0.05) is 6.61 Å². The van der Waals surface area contributed by atoms with Crippen molar-refractivity contribution in [2.75, 3.05) is 6.61 Å². The smallest absolute Gasteiger partial charge is 0.0575 e. The normalized spacial score (nSPS) is 20.2. The van der Waals surface area contributed by atoms with Gasteiger partial charge in [0.2, 0.25) is 0 Å². The topological polar surface area (TPSA) is 9.23 Å². The Morgan fingerprint density at radius 1 is 0.778 bits per heavy atom. The summed E-state index contributed by atoms with van der Waals surface area (Å²) in [5, 5.41) is 0. The van der Waals surface area contributed by atoms with E-state index in [4.69, 9.17) is 4.74 Å². The Balaban J connectivity index is 1.73. The van der Waals surface area contributed by atoms with Crippen molar-refractivity contribution in [3.8, 4) is 0 Å². The average molecular weight is 254 g/mol. The Hall–Kier alpha value is -0.0400. The van der Waals surface area contributed by atoms with Crippen LogP contribution in [0.4, 0.5) is 0 Å². The zero-order valence-electron chi connectivity index (χ0n) is 12.6. The van der Waals surface area contributed by atoms with Crippen molar-refractivity contribution in [2.45, 2.75) is 103 Å². The third kappa shape index (κ3) is 8.97. The minimum atomic E-state index is 0.604. The highest BCUT2D eigenvalue weighted by molar-refractivity contribution is 4.63. The van der Waals surface area contributed by atoms with E-state index in [1.807, 2.05) is 0 Å². The maximum absolute atomic E-state index is 5.76. The first-order valence-electron chi connectivity index (χ1n) is 8.55. The van der Waals surface area contributed by atoms with Crippen LogP contribution in [0.5, 0.6) is 0 Å². The van der Waals surface area contributed by atoms with Crippen molar-refractivity contribution >= 4 is 0 Å². The molecule has 1 unspecified atom stereocenters. The third-order valence-electron chi connectivity index (χ3n) is 4.15. The van der Waals surface area contributed by atoms with Crippen molar-refractivity contribution < 1.29 is 4.74 Å². The highest BCUT2D eigenvalue weighted by Crippen LogP contribution is 2.19. The van der Waals surface area contributed by atoms with Gasteiger partial charge < -0.3 is 4.74 Å². The Morgan fingerprint density at radius 3 is 1.94 bits per heavy atom. The maximum Gasteiger partial charge on any atom is 0.0575 e. The lowest BCUT2D eigenvalue weighted by Gasteiger charge is -2.22. The number of hydrogen-bond donors (Lipinski definition) is 0. The highest BCUT2D eigenvalue weighted by Gasteiger charge is 2.12. The third-order valence-corrected chi connectivity index (χ3v) is 4.15. The largest absolute Gasteiger partial charge is 0.378 e. The van der Waals surface area contributed by atoms with Crippen molar-refractivity contribution in [3.63, 3.8) is 0 Å². The van der Waals surface area contributed by atoms with Crippen LogP contribution in [0.2, 0.25) is 0 Å². The second kappa shape index (κ2) is 12.0. The SMILES string of the molecule is CCCCCCCCCCCCC1CCCCO1. The molecular weight excluding hydrogens is 220 g/mol. The van der Waals surface area contributed by atoms with Crippen molar-refractivity contribution in [1.29, 1.82) is 0 Å². The summed E-state index contributed by atoms with van der Waals surface area (Å²) >= 11 is 0. The van der Waals surface area contributed by atoms with Crippen molar-refractivity contribution in [1.82, 2.24) is 0 Å². The van der Waals surface area contributed by atoms with E-state index in [0.29, 0.717) is 6.10 Å². The Kier molecular flexibility index (Phi) is 10.7. The van der Waals surface area contributed by atoms with Crippen LogP contribution in [0.1, 0.15) is 96.8 Å². The summed E-state index contributed by atoms with van der Waals surface area (Å²) in [6, 6.07) is 0. The van der Waals surface area contributed by atoms with Gasteiger partial charge in [0.25, 0.3) is 0 Å². The summed E-state index contributed by atoms with van der Waals surface area (Å²) in [6.45, 7) is 3.30. The Labute approximate surface area is 115 Å². The van der Waals surface area contributed by atoms with Crippen LogP contribution >= 0.6 is 0 Å². The van der Waals surface area contributed by atoms with Gasteiger partial charge in [-0.2, -0.15) is 0 Å². The summed E-state index contributed by atoms with van der Waals surface area (Å²) in [7, 11) is 0. The fourth-order valence-corrected chi connectivity index (χ4v) is 2.89. The molecule has 0 bridgehead atoms. The van der Waals surface area contributed by atoms with Gasteiger partial charge in [0.05, 0.1) is 6.10 Å². The Morgan fingerprint density at radius 2 is 1.39 bits per heavy atom. The lowest BCUT2D eigenvalue weighted by molar-refractivity contribution is 0.00977. The molecule has 0 aromatic heterocycles. The summed E-state index contributed by atoms with van der Waals surface area (Å²) < 4.78 is 5.76. The molecule has 0 aromatic carbocycles. The molecular formula is C17H34O. The van der Waals surface area contributed by atoms with E-state index in [9.17, 15) is 0 Å². The molecule has 1 aliphatic heterocycles. The summed E-state index contributed by atoms with van der Waals surface area (Å²) in [5.41, 5.74) is 0. The molecule has 0 aromatic rings. The zero-order chi connectivity index (χ0) is 12.9. The van der Waals surface area contributed by atoms with Crippen molar-refractivity contribution in [3.05, 3.63) is 0 Å². The quantitative estimate of drug-likeness (QED) is 0.419. The lowest BCUT2D eigenvalue weighted by atomic mass is 10.0. The van der Waals surface area contributed by atoms with E-state index in [1.165, 1.54) is 89.9 Å². The van der Waals surface area contributed by atoms with Crippen LogP contribution in [0.3, 0.4) is 0 Å². The van der Waals surface area contributed by atoms with Gasteiger partial charge in [-0.1, -0.05) is 71.1 Å². The molecule has 1 rings (SSSR count). The lowest BCUT2D eigenvalue weighted by Crippen LogP contribution is -2.18. The standard InChI is InChI=1S/C17H34O/c1-2-3-4-5-6-7-8-9-10-11-14-17-15-12-13-16-18-17/h17H,2-16H2,1H3. The molecule has 108 valence electrons. The van der Waals surface area contributed by atoms with Gasteiger partial charge in [-0.25, -0.2) is 0 Å². The van der Waals surface area contributed by atoms with Gasteiger partial charge >= 0.3 is 0 Å². The van der Waals surface area contributed by atoms with Gasteiger partial charge in [-0.3, -0.25) is 0 Å². The number of rotatable bonds is 11. The summed E-state index contributed by atoms with van der Waals surface area (Å²) in [6.07, 6.45) is 20.3. The molecule has 0 radical (unpaired) electrons. The van der Waals surface area contributed by atoms with Crippen LogP contribution in [0.25, 0.3) is 0 Å². The van der Waals surface area contributed by atoms with Gasteiger partial charge in [-0.15, -0.1) is 0 Å². The fourth-order valence-electron chi connectivity index (χ4n) is 2.89. The predicted molar refractivity (Wildman–Crippen MR) is 80.1 cm³/mol. The first-order chi connectivity index (χ1) is 8.93. The molecule has 0 amide bonds. The van der Waals surface area contributed by atoms with Crippen LogP contribution in [-0.2, 0) is 4.74 Å². The van der Waals surface area contributed by atoms with Gasteiger partial charge in [-0.05, 0) is 25.7 Å². The van der Waals surface area contributed by atoms with Crippen LogP contribution in [0, 0.1) is 0 Å². The molecule has 1 fully saturated rings.